The molecular weight excluding hydrogens is 255 g/mol. The third-order valence-corrected chi connectivity index (χ3v) is 2.97. The van der Waals surface area contributed by atoms with Gasteiger partial charge in [0.05, 0.1) is 0 Å². The summed E-state index contributed by atoms with van der Waals surface area (Å²) in [7, 11) is 1.82. The van der Waals surface area contributed by atoms with Crippen LogP contribution in [-0.2, 0) is 0 Å². The second kappa shape index (κ2) is 6.23. The fourth-order valence-electron chi connectivity index (χ4n) is 1.71. The largest absolute Gasteiger partial charge is 0.405 e. The Labute approximate surface area is 111 Å². The quantitative estimate of drug-likeness (QED) is 0.894. The molecule has 0 bridgehead atoms. The number of hydrogen-bond acceptors (Lipinski definition) is 3. The van der Waals surface area contributed by atoms with Gasteiger partial charge in [-0.25, -0.2) is 4.98 Å². The van der Waals surface area contributed by atoms with Crippen LogP contribution >= 0.6 is 0 Å². The first-order chi connectivity index (χ1) is 8.74. The Balaban J connectivity index is 2.92. The molecule has 19 heavy (non-hydrogen) atoms. The second-order valence-corrected chi connectivity index (χ2v) is 4.80. The van der Waals surface area contributed by atoms with Crippen LogP contribution in [0.25, 0.3) is 0 Å². The molecule has 0 amide bonds. The maximum Gasteiger partial charge on any atom is 0.405 e. The molecule has 1 N–H and O–H groups in total. The summed E-state index contributed by atoms with van der Waals surface area (Å²) in [5.74, 6) is 0.347. The van der Waals surface area contributed by atoms with Crippen LogP contribution in [-0.4, -0.2) is 30.8 Å². The molecule has 0 aliphatic carbocycles. The fraction of sp³-hybridized carbons (Fsp3) is 0.615. The number of nitrogens with one attached hydrogen (secondary N) is 1. The van der Waals surface area contributed by atoms with Crippen molar-refractivity contribution < 1.29 is 13.2 Å². The summed E-state index contributed by atoms with van der Waals surface area (Å²) in [4.78, 5) is 5.38. The molecule has 0 aromatic carbocycles. The van der Waals surface area contributed by atoms with E-state index >= 15 is 0 Å². The molecule has 0 saturated heterocycles. The maximum atomic E-state index is 12.5. The number of pyridine rings is 1. The summed E-state index contributed by atoms with van der Waals surface area (Å²) in [6.07, 6.45) is -2.62. The van der Waals surface area contributed by atoms with Crippen molar-refractivity contribution in [2.45, 2.75) is 39.0 Å². The van der Waals surface area contributed by atoms with E-state index in [4.69, 9.17) is 0 Å². The lowest BCUT2D eigenvalue weighted by Gasteiger charge is -2.29. The van der Waals surface area contributed by atoms with Crippen LogP contribution in [0.1, 0.15) is 32.4 Å². The van der Waals surface area contributed by atoms with Gasteiger partial charge in [-0.05, 0) is 39.4 Å². The molecule has 3 nitrogen and oxygen atoms in total. The van der Waals surface area contributed by atoms with E-state index in [0.717, 1.165) is 5.56 Å². The summed E-state index contributed by atoms with van der Waals surface area (Å²) in [5.41, 5.74) is 0.946. The second-order valence-electron chi connectivity index (χ2n) is 4.80. The molecule has 6 heteroatoms. The first-order valence-electron chi connectivity index (χ1n) is 6.21. The molecule has 1 aromatic rings. The van der Waals surface area contributed by atoms with E-state index in [2.05, 4.69) is 10.3 Å². The Hall–Kier alpha value is -1.30. The molecule has 0 aliphatic rings. The molecule has 1 unspecified atom stereocenters. The lowest BCUT2D eigenvalue weighted by molar-refractivity contribution is -0.120. The Morgan fingerprint density at radius 1 is 1.26 bits per heavy atom. The van der Waals surface area contributed by atoms with Gasteiger partial charge in [-0.2, -0.15) is 13.2 Å². The van der Waals surface area contributed by atoms with E-state index in [1.165, 1.54) is 4.90 Å². The van der Waals surface area contributed by atoms with Crippen molar-refractivity contribution in [1.29, 1.82) is 0 Å². The Morgan fingerprint density at radius 3 is 2.26 bits per heavy atom. The third-order valence-electron chi connectivity index (χ3n) is 2.97. The van der Waals surface area contributed by atoms with Crippen molar-refractivity contribution in [2.24, 2.45) is 0 Å². The van der Waals surface area contributed by atoms with Crippen LogP contribution in [0.15, 0.2) is 18.3 Å². The number of hydrogen-bond donors (Lipinski definition) is 1. The van der Waals surface area contributed by atoms with E-state index in [1.807, 2.05) is 14.0 Å². The minimum Gasteiger partial charge on any atom is -0.345 e. The Kier molecular flexibility index (Phi) is 5.17. The van der Waals surface area contributed by atoms with Gasteiger partial charge in [0, 0.05) is 18.3 Å². The van der Waals surface area contributed by atoms with Crippen LogP contribution in [0, 0.1) is 0 Å². The summed E-state index contributed by atoms with van der Waals surface area (Å²) in [6.45, 7) is 4.42. The number of aromatic nitrogens is 1. The molecule has 1 atom stereocenters. The molecule has 0 radical (unpaired) electrons. The van der Waals surface area contributed by atoms with Gasteiger partial charge in [0.15, 0.2) is 0 Å². The minimum atomic E-state index is -4.23. The zero-order valence-electron chi connectivity index (χ0n) is 11.6. The highest BCUT2D eigenvalue weighted by Gasteiger charge is 2.32. The van der Waals surface area contributed by atoms with Gasteiger partial charge < -0.3 is 10.2 Å². The minimum absolute atomic E-state index is 0.122. The first-order valence-corrected chi connectivity index (χ1v) is 6.21. The van der Waals surface area contributed by atoms with Crippen LogP contribution in [0.5, 0.6) is 0 Å². The number of rotatable bonds is 5. The number of anilines is 1. The highest BCUT2D eigenvalue weighted by atomic mass is 19.4. The fourth-order valence-corrected chi connectivity index (χ4v) is 1.71. The van der Waals surface area contributed by atoms with E-state index < -0.39 is 12.7 Å². The van der Waals surface area contributed by atoms with Gasteiger partial charge in [-0.3, -0.25) is 0 Å². The van der Waals surface area contributed by atoms with Crippen molar-refractivity contribution >= 4 is 5.82 Å². The Morgan fingerprint density at radius 2 is 1.89 bits per heavy atom. The van der Waals surface area contributed by atoms with Gasteiger partial charge >= 0.3 is 6.18 Å². The van der Waals surface area contributed by atoms with Crippen molar-refractivity contribution in [2.75, 3.05) is 18.5 Å². The molecule has 1 aromatic heterocycles. The molecule has 1 heterocycles. The van der Waals surface area contributed by atoms with Gasteiger partial charge in [0.1, 0.15) is 12.4 Å². The van der Waals surface area contributed by atoms with Gasteiger partial charge in [-0.1, -0.05) is 6.07 Å². The summed E-state index contributed by atoms with van der Waals surface area (Å²) < 4.78 is 37.6. The van der Waals surface area contributed by atoms with Crippen molar-refractivity contribution in [3.05, 3.63) is 23.9 Å². The lowest BCUT2D eigenvalue weighted by Crippen LogP contribution is -2.39. The predicted octanol–water partition coefficient (Wildman–Crippen LogP) is 3.14. The molecule has 0 fully saturated rings. The van der Waals surface area contributed by atoms with Crippen LogP contribution in [0.2, 0.25) is 0 Å². The van der Waals surface area contributed by atoms with Crippen LogP contribution in [0.3, 0.4) is 0 Å². The monoisotopic (exact) mass is 275 g/mol. The zero-order chi connectivity index (χ0) is 14.6. The molecule has 108 valence electrons. The normalized spacial score (nSPS) is 13.7. The SMILES string of the molecule is CNC(C)c1ccc(N(CC(F)(F)F)C(C)C)nc1. The zero-order valence-corrected chi connectivity index (χ0v) is 11.6. The van der Waals surface area contributed by atoms with E-state index in [9.17, 15) is 13.2 Å². The topological polar surface area (TPSA) is 28.2 Å². The van der Waals surface area contributed by atoms with Crippen molar-refractivity contribution in [3.63, 3.8) is 0 Å². The van der Waals surface area contributed by atoms with E-state index in [1.54, 1.807) is 32.2 Å². The molecule has 0 aliphatic heterocycles. The summed E-state index contributed by atoms with van der Waals surface area (Å²) in [5, 5.41) is 3.06. The van der Waals surface area contributed by atoms with Gasteiger partial charge in [0.2, 0.25) is 0 Å². The Bertz CT molecular complexity index is 387. The summed E-state index contributed by atoms with van der Waals surface area (Å²) >= 11 is 0. The molecular formula is C13H20F3N3. The maximum absolute atomic E-state index is 12.5. The number of alkyl halides is 3. The lowest BCUT2D eigenvalue weighted by atomic mass is 10.1. The van der Waals surface area contributed by atoms with Crippen LogP contribution < -0.4 is 10.2 Å². The molecule has 0 saturated carbocycles. The first kappa shape index (κ1) is 15.8. The number of halogens is 3. The number of nitrogens with zero attached hydrogens (tertiary/aromatic N) is 2. The average Bonchev–Trinajstić information content (AvgIpc) is 2.34. The highest BCUT2D eigenvalue weighted by Crippen LogP contribution is 2.23. The van der Waals surface area contributed by atoms with Crippen molar-refractivity contribution in [1.82, 2.24) is 10.3 Å². The third kappa shape index (κ3) is 4.70. The molecule has 1 rings (SSSR count). The summed E-state index contributed by atoms with van der Waals surface area (Å²) in [6, 6.07) is 3.29. The van der Waals surface area contributed by atoms with E-state index in [0.29, 0.717) is 5.82 Å². The smallest absolute Gasteiger partial charge is 0.345 e. The molecule has 0 spiro atoms. The highest BCUT2D eigenvalue weighted by molar-refractivity contribution is 5.41. The predicted molar refractivity (Wildman–Crippen MR) is 70.2 cm³/mol. The average molecular weight is 275 g/mol. The van der Waals surface area contributed by atoms with Crippen molar-refractivity contribution in [3.8, 4) is 0 Å². The standard InChI is InChI=1S/C13H20F3N3/c1-9(2)19(8-13(14,15)16)12-6-5-11(7-18-12)10(3)17-4/h5-7,9-10,17H,8H2,1-4H3. The van der Waals surface area contributed by atoms with Gasteiger partial charge in [-0.15, -0.1) is 0 Å². The van der Waals surface area contributed by atoms with Gasteiger partial charge in [0.25, 0.3) is 0 Å². The van der Waals surface area contributed by atoms with E-state index in [-0.39, 0.29) is 12.1 Å². The van der Waals surface area contributed by atoms with Crippen LogP contribution in [0.4, 0.5) is 19.0 Å².